The number of imidazole rings is 1. The number of rotatable bonds is 8. The fourth-order valence-electron chi connectivity index (χ4n) is 6.06. The minimum Gasteiger partial charge on any atom is -0.346 e. The number of thiazole rings is 1. The molecular weight excluding hydrogens is 562 g/mol. The number of anilines is 2. The highest BCUT2D eigenvalue weighted by molar-refractivity contribution is 7.14. The fourth-order valence-corrected chi connectivity index (χ4v) is 6.95. The van der Waals surface area contributed by atoms with Gasteiger partial charge in [-0.1, -0.05) is 36.3 Å². The summed E-state index contributed by atoms with van der Waals surface area (Å²) in [5.41, 5.74) is 8.58. The number of piperazine rings is 1. The number of benzene rings is 1. The first-order chi connectivity index (χ1) is 20.9. The number of nitrogens with two attached hydrogens (primary N) is 1. The third-order valence-electron chi connectivity index (χ3n) is 8.43. The van der Waals surface area contributed by atoms with E-state index in [0.717, 1.165) is 68.5 Å². The van der Waals surface area contributed by atoms with Gasteiger partial charge in [0.2, 0.25) is 5.95 Å². The number of fused-ring (bicyclic) bond motifs is 1. The summed E-state index contributed by atoms with van der Waals surface area (Å²) in [6.45, 7) is 8.37. The molecule has 1 aromatic carbocycles. The molecule has 2 fully saturated rings. The topological polar surface area (TPSA) is 110 Å². The second-order valence-corrected chi connectivity index (χ2v) is 12.1. The second-order valence-electron chi connectivity index (χ2n) is 11.3. The number of hydrogen-bond donors (Lipinski definition) is 1. The molecule has 0 amide bonds. The molecule has 0 unspecified atom stereocenters. The van der Waals surface area contributed by atoms with E-state index in [-0.39, 0.29) is 17.3 Å². The maximum Gasteiger partial charge on any atom is 0.332 e. The zero-order valence-electron chi connectivity index (χ0n) is 24.9. The lowest BCUT2D eigenvalue weighted by Crippen LogP contribution is -2.47. The van der Waals surface area contributed by atoms with Crippen LogP contribution in [0.25, 0.3) is 22.4 Å². The Kier molecular flexibility index (Phi) is 8.65. The fraction of sp³-hybridized carbons (Fsp3) is 0.484. The SMILES string of the molecule is CC#CCn1c(N2CCC[C@@H](N)C2)nc2c1c(=O)n(CCCN1CCN(c3nc(-c4ccccc4)cs3)CC1)c(=O)n2C. The molecule has 2 saturated heterocycles. The summed E-state index contributed by atoms with van der Waals surface area (Å²) in [5, 5.41) is 3.18. The third-order valence-corrected chi connectivity index (χ3v) is 9.33. The molecule has 2 aliphatic heterocycles. The number of piperidine rings is 1. The summed E-state index contributed by atoms with van der Waals surface area (Å²) < 4.78 is 4.72. The van der Waals surface area contributed by atoms with Crippen LogP contribution in [-0.4, -0.2) is 80.4 Å². The third kappa shape index (κ3) is 5.98. The lowest BCUT2D eigenvalue weighted by atomic mass is 10.1. The normalized spacial score (nSPS) is 17.8. The van der Waals surface area contributed by atoms with E-state index in [9.17, 15) is 9.59 Å². The van der Waals surface area contributed by atoms with Crippen molar-refractivity contribution in [2.75, 3.05) is 55.6 Å². The molecule has 0 saturated carbocycles. The highest BCUT2D eigenvalue weighted by Gasteiger charge is 2.26. The Balaban J connectivity index is 1.14. The van der Waals surface area contributed by atoms with E-state index in [1.54, 1.807) is 25.3 Å². The Morgan fingerprint density at radius 1 is 1.00 bits per heavy atom. The van der Waals surface area contributed by atoms with Crippen LogP contribution in [0.1, 0.15) is 26.2 Å². The Morgan fingerprint density at radius 3 is 2.53 bits per heavy atom. The molecule has 6 rings (SSSR count). The zero-order chi connectivity index (χ0) is 29.9. The Labute approximate surface area is 255 Å². The van der Waals surface area contributed by atoms with Crippen molar-refractivity contribution in [2.45, 2.75) is 45.3 Å². The number of aromatic nitrogens is 5. The van der Waals surface area contributed by atoms with Crippen LogP contribution in [0.2, 0.25) is 0 Å². The van der Waals surface area contributed by atoms with E-state index >= 15 is 0 Å². The number of nitrogens with zero attached hydrogens (tertiary/aromatic N) is 8. The van der Waals surface area contributed by atoms with E-state index < -0.39 is 0 Å². The van der Waals surface area contributed by atoms with Gasteiger partial charge in [0.05, 0.1) is 12.2 Å². The molecular formula is C31H39N9O2S. The lowest BCUT2D eigenvalue weighted by molar-refractivity contribution is 0.249. The van der Waals surface area contributed by atoms with Gasteiger partial charge in [0, 0.05) is 69.8 Å². The Hall–Kier alpha value is -3.92. The van der Waals surface area contributed by atoms with Crippen molar-refractivity contribution in [3.63, 3.8) is 0 Å². The second kappa shape index (κ2) is 12.8. The maximum atomic E-state index is 13.8. The van der Waals surface area contributed by atoms with Crippen molar-refractivity contribution >= 4 is 33.6 Å². The molecule has 11 nitrogen and oxygen atoms in total. The minimum atomic E-state index is -0.339. The van der Waals surface area contributed by atoms with Crippen molar-refractivity contribution in [3.8, 4) is 23.1 Å². The van der Waals surface area contributed by atoms with Crippen LogP contribution in [0.5, 0.6) is 0 Å². The first-order valence-electron chi connectivity index (χ1n) is 15.0. The maximum absolute atomic E-state index is 13.8. The quantitative estimate of drug-likeness (QED) is 0.306. The Morgan fingerprint density at radius 2 is 1.79 bits per heavy atom. The van der Waals surface area contributed by atoms with E-state index in [0.29, 0.717) is 43.2 Å². The molecule has 2 aliphatic rings. The molecule has 1 atom stereocenters. The highest BCUT2D eigenvalue weighted by Crippen LogP contribution is 2.28. The van der Waals surface area contributed by atoms with Crippen LogP contribution in [0, 0.1) is 11.8 Å². The number of aryl methyl sites for hydroxylation is 1. The zero-order valence-corrected chi connectivity index (χ0v) is 25.7. The van der Waals surface area contributed by atoms with Crippen LogP contribution in [-0.2, 0) is 20.1 Å². The molecule has 0 radical (unpaired) electrons. The monoisotopic (exact) mass is 601 g/mol. The summed E-state index contributed by atoms with van der Waals surface area (Å²) in [4.78, 5) is 43.7. The Bertz CT molecular complexity index is 1750. The van der Waals surface area contributed by atoms with Gasteiger partial charge in [0.1, 0.15) is 0 Å². The van der Waals surface area contributed by atoms with Crippen molar-refractivity contribution < 1.29 is 0 Å². The standard InChI is InChI=1S/C31H39N9O2S/c1-3-4-15-39-26-27(34-29(39)38-14-8-12-24(32)21-38)35(2)31(42)40(28(26)41)16-9-13-36-17-19-37(20-18-36)30-33-25(22-43-30)23-10-6-5-7-11-23/h5-7,10-11,22,24H,8-9,12-21,32H2,1-2H3/t24-/m1/s1. The van der Waals surface area contributed by atoms with E-state index in [2.05, 4.69) is 44.1 Å². The summed E-state index contributed by atoms with van der Waals surface area (Å²) in [5.74, 6) is 6.68. The predicted octanol–water partition coefficient (Wildman–Crippen LogP) is 2.18. The molecule has 12 heteroatoms. The highest BCUT2D eigenvalue weighted by atomic mass is 32.1. The summed E-state index contributed by atoms with van der Waals surface area (Å²) in [6, 6.07) is 10.3. The van der Waals surface area contributed by atoms with Gasteiger partial charge in [0.15, 0.2) is 16.3 Å². The average molecular weight is 602 g/mol. The lowest BCUT2D eigenvalue weighted by Gasteiger charge is -2.34. The van der Waals surface area contributed by atoms with Crippen LogP contribution < -0.4 is 26.8 Å². The molecule has 0 spiro atoms. The largest absolute Gasteiger partial charge is 0.346 e. The summed E-state index contributed by atoms with van der Waals surface area (Å²) in [6.07, 6.45) is 2.62. The molecule has 2 N–H and O–H groups in total. The molecule has 3 aromatic heterocycles. The van der Waals surface area contributed by atoms with Crippen molar-refractivity contribution in [1.29, 1.82) is 0 Å². The van der Waals surface area contributed by atoms with E-state index in [1.165, 1.54) is 9.13 Å². The van der Waals surface area contributed by atoms with Crippen LogP contribution in [0.3, 0.4) is 0 Å². The van der Waals surface area contributed by atoms with Gasteiger partial charge in [-0.25, -0.2) is 9.78 Å². The van der Waals surface area contributed by atoms with Crippen LogP contribution >= 0.6 is 11.3 Å². The van der Waals surface area contributed by atoms with E-state index in [4.69, 9.17) is 15.7 Å². The molecule has 5 heterocycles. The molecule has 226 valence electrons. The molecule has 4 aromatic rings. The first-order valence-corrected chi connectivity index (χ1v) is 15.9. The first kappa shape index (κ1) is 29.2. The molecule has 0 aliphatic carbocycles. The van der Waals surface area contributed by atoms with Gasteiger partial charge in [-0.05, 0) is 32.7 Å². The van der Waals surface area contributed by atoms with Gasteiger partial charge in [-0.2, -0.15) is 4.98 Å². The summed E-state index contributed by atoms with van der Waals surface area (Å²) >= 11 is 1.69. The van der Waals surface area contributed by atoms with Crippen LogP contribution in [0.15, 0.2) is 45.3 Å². The van der Waals surface area contributed by atoms with Crippen molar-refractivity contribution in [2.24, 2.45) is 12.8 Å². The number of hydrogen-bond acceptors (Lipinski definition) is 9. The molecule has 43 heavy (non-hydrogen) atoms. The molecule has 0 bridgehead atoms. The average Bonchev–Trinajstić information content (AvgIpc) is 3.68. The van der Waals surface area contributed by atoms with Gasteiger partial charge >= 0.3 is 5.69 Å². The van der Waals surface area contributed by atoms with Gasteiger partial charge in [-0.15, -0.1) is 17.3 Å². The van der Waals surface area contributed by atoms with Crippen molar-refractivity contribution in [3.05, 3.63) is 56.5 Å². The van der Waals surface area contributed by atoms with Crippen LogP contribution in [0.4, 0.5) is 11.1 Å². The summed E-state index contributed by atoms with van der Waals surface area (Å²) in [7, 11) is 1.69. The van der Waals surface area contributed by atoms with Gasteiger partial charge in [0.25, 0.3) is 5.56 Å². The van der Waals surface area contributed by atoms with E-state index in [1.807, 2.05) is 22.8 Å². The predicted molar refractivity (Wildman–Crippen MR) is 173 cm³/mol. The smallest absolute Gasteiger partial charge is 0.332 e. The minimum absolute atomic E-state index is 0.0509. The van der Waals surface area contributed by atoms with Gasteiger partial charge in [-0.3, -0.25) is 23.4 Å². The van der Waals surface area contributed by atoms with Crippen molar-refractivity contribution in [1.82, 2.24) is 28.6 Å². The van der Waals surface area contributed by atoms with Gasteiger partial charge < -0.3 is 15.5 Å².